The second kappa shape index (κ2) is 4.17. The average Bonchev–Trinajstić information content (AvgIpc) is 2.05. The van der Waals surface area contributed by atoms with Gasteiger partial charge in [-0.25, -0.2) is 0 Å². The molecule has 0 spiro atoms. The van der Waals surface area contributed by atoms with Gasteiger partial charge in [-0.1, -0.05) is 29.8 Å². The van der Waals surface area contributed by atoms with Gasteiger partial charge in [0.1, 0.15) is 5.75 Å². The summed E-state index contributed by atoms with van der Waals surface area (Å²) in [6.07, 6.45) is 3.96. The summed E-state index contributed by atoms with van der Waals surface area (Å²) in [5.74, 6) is 0.713. The lowest BCUT2D eigenvalue weighted by atomic mass is 10.2. The molecule has 0 amide bonds. The molecule has 1 aromatic carbocycles. The zero-order chi connectivity index (χ0) is 8.97. The molecule has 12 heavy (non-hydrogen) atoms. The Morgan fingerprint density at radius 2 is 2.17 bits per heavy atom. The Morgan fingerprint density at radius 3 is 2.67 bits per heavy atom. The minimum Gasteiger partial charge on any atom is -0.495 e. The molecule has 1 aromatic rings. The van der Waals surface area contributed by atoms with E-state index in [9.17, 15) is 0 Å². The first-order chi connectivity index (χ1) is 5.77. The lowest BCUT2D eigenvalue weighted by Crippen LogP contribution is -1.83. The Kier molecular flexibility index (Phi) is 3.18. The normalized spacial score (nSPS) is 10.6. The average molecular weight is 183 g/mol. The molecule has 0 aromatic heterocycles. The van der Waals surface area contributed by atoms with Crippen LogP contribution >= 0.6 is 11.6 Å². The summed E-state index contributed by atoms with van der Waals surface area (Å²) in [5, 5.41) is 0.646. The van der Waals surface area contributed by atoms with Gasteiger partial charge in [-0.15, -0.1) is 0 Å². The van der Waals surface area contributed by atoms with Gasteiger partial charge in [0, 0.05) is 0 Å². The van der Waals surface area contributed by atoms with Crippen molar-refractivity contribution in [1.82, 2.24) is 0 Å². The maximum atomic E-state index is 5.91. The highest BCUT2D eigenvalue weighted by Gasteiger charge is 1.98. The highest BCUT2D eigenvalue weighted by Crippen LogP contribution is 2.25. The van der Waals surface area contributed by atoms with Crippen LogP contribution in [0.3, 0.4) is 0 Å². The number of hydrogen-bond acceptors (Lipinski definition) is 1. The second-order valence-corrected chi connectivity index (χ2v) is 2.80. The van der Waals surface area contributed by atoms with Gasteiger partial charge in [0.15, 0.2) is 0 Å². The minimum atomic E-state index is 0.646. The summed E-state index contributed by atoms with van der Waals surface area (Å²) < 4.78 is 5.02. The number of halogens is 1. The van der Waals surface area contributed by atoms with Crippen molar-refractivity contribution in [3.8, 4) is 5.75 Å². The van der Waals surface area contributed by atoms with Crippen LogP contribution < -0.4 is 4.74 Å². The summed E-state index contributed by atoms with van der Waals surface area (Å²) >= 11 is 5.91. The number of hydrogen-bond donors (Lipinski definition) is 0. The van der Waals surface area contributed by atoms with E-state index in [-0.39, 0.29) is 0 Å². The van der Waals surface area contributed by atoms with Gasteiger partial charge < -0.3 is 4.74 Å². The van der Waals surface area contributed by atoms with Crippen LogP contribution in [0.2, 0.25) is 5.02 Å². The maximum Gasteiger partial charge on any atom is 0.137 e. The third-order valence-electron chi connectivity index (χ3n) is 1.53. The van der Waals surface area contributed by atoms with Crippen LogP contribution in [0.25, 0.3) is 6.08 Å². The molecular weight excluding hydrogens is 172 g/mol. The minimum absolute atomic E-state index is 0.646. The van der Waals surface area contributed by atoms with Gasteiger partial charge in [-0.3, -0.25) is 0 Å². The second-order valence-electron chi connectivity index (χ2n) is 2.39. The molecule has 0 N–H and O–H groups in total. The summed E-state index contributed by atoms with van der Waals surface area (Å²) in [7, 11) is 1.61. The van der Waals surface area contributed by atoms with E-state index in [2.05, 4.69) is 0 Å². The summed E-state index contributed by atoms with van der Waals surface area (Å²) in [4.78, 5) is 0. The molecular formula is C10H11ClO. The molecule has 1 nitrogen and oxygen atoms in total. The predicted octanol–water partition coefficient (Wildman–Crippen LogP) is 3.38. The molecule has 0 bridgehead atoms. The maximum absolute atomic E-state index is 5.91. The van der Waals surface area contributed by atoms with Gasteiger partial charge in [0.25, 0.3) is 0 Å². The van der Waals surface area contributed by atoms with Gasteiger partial charge in [-0.2, -0.15) is 0 Å². The fourth-order valence-electron chi connectivity index (χ4n) is 0.979. The van der Waals surface area contributed by atoms with Gasteiger partial charge >= 0.3 is 0 Å². The summed E-state index contributed by atoms with van der Waals surface area (Å²) in [6, 6.07) is 5.70. The molecule has 0 saturated carbocycles. The van der Waals surface area contributed by atoms with Crippen LogP contribution in [0, 0.1) is 0 Å². The third-order valence-corrected chi connectivity index (χ3v) is 1.83. The first-order valence-electron chi connectivity index (χ1n) is 3.74. The molecule has 0 saturated heterocycles. The smallest absolute Gasteiger partial charge is 0.137 e. The van der Waals surface area contributed by atoms with Crippen molar-refractivity contribution >= 4 is 17.7 Å². The topological polar surface area (TPSA) is 9.23 Å². The van der Waals surface area contributed by atoms with Crippen LogP contribution in [-0.2, 0) is 0 Å². The van der Waals surface area contributed by atoms with Crippen molar-refractivity contribution in [2.24, 2.45) is 0 Å². The van der Waals surface area contributed by atoms with Crippen molar-refractivity contribution in [1.29, 1.82) is 0 Å². The molecule has 0 fully saturated rings. The number of allylic oxidation sites excluding steroid dienone is 1. The SMILES string of the molecule is CC=Cc1ccc(OC)c(Cl)c1. The van der Waals surface area contributed by atoms with E-state index in [0.717, 1.165) is 5.56 Å². The monoisotopic (exact) mass is 182 g/mol. The van der Waals surface area contributed by atoms with Crippen LogP contribution in [0.15, 0.2) is 24.3 Å². The van der Waals surface area contributed by atoms with E-state index < -0.39 is 0 Å². The first-order valence-corrected chi connectivity index (χ1v) is 4.12. The van der Waals surface area contributed by atoms with Crippen molar-refractivity contribution in [2.45, 2.75) is 6.92 Å². The number of rotatable bonds is 2. The van der Waals surface area contributed by atoms with Crippen LogP contribution in [0.4, 0.5) is 0 Å². The Balaban J connectivity index is 3.01. The molecule has 0 aliphatic rings. The molecule has 0 atom stereocenters. The molecule has 0 aliphatic heterocycles. The standard InChI is InChI=1S/C10H11ClO/c1-3-4-8-5-6-10(12-2)9(11)7-8/h3-7H,1-2H3. The van der Waals surface area contributed by atoms with E-state index in [1.165, 1.54) is 0 Å². The molecule has 64 valence electrons. The van der Waals surface area contributed by atoms with E-state index in [0.29, 0.717) is 10.8 Å². The van der Waals surface area contributed by atoms with Gasteiger partial charge in [-0.05, 0) is 24.6 Å². The fraction of sp³-hybridized carbons (Fsp3) is 0.200. The van der Waals surface area contributed by atoms with E-state index in [1.807, 2.05) is 37.3 Å². The Bertz CT molecular complexity index is 292. The zero-order valence-corrected chi connectivity index (χ0v) is 7.93. The predicted molar refractivity (Wildman–Crippen MR) is 52.7 cm³/mol. The fourth-order valence-corrected chi connectivity index (χ4v) is 1.24. The molecule has 2 heteroatoms. The molecule has 0 heterocycles. The highest BCUT2D eigenvalue weighted by molar-refractivity contribution is 6.32. The summed E-state index contributed by atoms with van der Waals surface area (Å²) in [5.41, 5.74) is 1.09. The van der Waals surface area contributed by atoms with Crippen molar-refractivity contribution in [3.63, 3.8) is 0 Å². The Morgan fingerprint density at radius 1 is 1.42 bits per heavy atom. The number of benzene rings is 1. The summed E-state index contributed by atoms with van der Waals surface area (Å²) in [6.45, 7) is 1.97. The van der Waals surface area contributed by atoms with Gasteiger partial charge in [0.2, 0.25) is 0 Å². The van der Waals surface area contributed by atoms with Crippen LogP contribution in [0.1, 0.15) is 12.5 Å². The van der Waals surface area contributed by atoms with E-state index >= 15 is 0 Å². The molecule has 1 rings (SSSR count). The molecule has 0 aliphatic carbocycles. The van der Waals surface area contributed by atoms with Gasteiger partial charge in [0.05, 0.1) is 12.1 Å². The quantitative estimate of drug-likeness (QED) is 0.682. The van der Waals surface area contributed by atoms with E-state index in [1.54, 1.807) is 7.11 Å². The number of methoxy groups -OCH3 is 1. The lowest BCUT2D eigenvalue weighted by molar-refractivity contribution is 0.415. The van der Waals surface area contributed by atoms with E-state index in [4.69, 9.17) is 16.3 Å². The molecule has 0 unspecified atom stereocenters. The lowest BCUT2D eigenvalue weighted by Gasteiger charge is -2.02. The van der Waals surface area contributed by atoms with Crippen LogP contribution in [0.5, 0.6) is 5.75 Å². The zero-order valence-electron chi connectivity index (χ0n) is 7.17. The van der Waals surface area contributed by atoms with Crippen LogP contribution in [-0.4, -0.2) is 7.11 Å². The van der Waals surface area contributed by atoms with Crippen molar-refractivity contribution < 1.29 is 4.74 Å². The third kappa shape index (κ3) is 2.02. The first kappa shape index (κ1) is 9.14. The molecule has 0 radical (unpaired) electrons. The number of ether oxygens (including phenoxy) is 1. The Hall–Kier alpha value is -0.950. The Labute approximate surface area is 77.6 Å². The largest absolute Gasteiger partial charge is 0.495 e. The van der Waals surface area contributed by atoms with Crippen molar-refractivity contribution in [2.75, 3.05) is 7.11 Å². The van der Waals surface area contributed by atoms with Crippen molar-refractivity contribution in [3.05, 3.63) is 34.9 Å². The highest BCUT2D eigenvalue weighted by atomic mass is 35.5.